The molecule has 2 aromatic carbocycles. The molecule has 0 aliphatic carbocycles. The molecular weight excluding hydrogens is 388 g/mol. The SMILES string of the molecule is c1ccc(-c2nnc(SCSc3nnc(-c4ccccc4)s3)s2)cc1. The van der Waals surface area contributed by atoms with Crippen molar-refractivity contribution in [2.45, 2.75) is 8.68 Å². The summed E-state index contributed by atoms with van der Waals surface area (Å²) in [6.07, 6.45) is 0. The lowest BCUT2D eigenvalue weighted by Crippen LogP contribution is -1.76. The van der Waals surface area contributed by atoms with Crippen molar-refractivity contribution in [2.75, 3.05) is 5.08 Å². The lowest BCUT2D eigenvalue weighted by Gasteiger charge is -1.94. The van der Waals surface area contributed by atoms with E-state index < -0.39 is 0 Å². The Morgan fingerprint density at radius 3 is 1.48 bits per heavy atom. The van der Waals surface area contributed by atoms with Crippen molar-refractivity contribution in [3.8, 4) is 21.1 Å². The molecule has 4 rings (SSSR count). The molecule has 0 fully saturated rings. The van der Waals surface area contributed by atoms with Crippen LogP contribution in [0.2, 0.25) is 0 Å². The second kappa shape index (κ2) is 8.09. The molecule has 0 bridgehead atoms. The molecule has 25 heavy (non-hydrogen) atoms. The van der Waals surface area contributed by atoms with Crippen molar-refractivity contribution >= 4 is 46.2 Å². The van der Waals surface area contributed by atoms with E-state index in [0.717, 1.165) is 34.9 Å². The molecule has 124 valence electrons. The van der Waals surface area contributed by atoms with Crippen molar-refractivity contribution < 1.29 is 0 Å². The van der Waals surface area contributed by atoms with Crippen LogP contribution in [-0.4, -0.2) is 25.5 Å². The third-order valence-electron chi connectivity index (χ3n) is 3.22. The normalized spacial score (nSPS) is 10.9. The Balaban J connectivity index is 1.34. The highest BCUT2D eigenvalue weighted by atomic mass is 32.2. The fourth-order valence-electron chi connectivity index (χ4n) is 2.06. The summed E-state index contributed by atoms with van der Waals surface area (Å²) in [5, 5.41) is 19.8. The molecular formula is C17H12N4S4. The Morgan fingerprint density at radius 2 is 1.04 bits per heavy atom. The molecule has 4 nitrogen and oxygen atoms in total. The number of aromatic nitrogens is 4. The van der Waals surface area contributed by atoms with Gasteiger partial charge in [-0.2, -0.15) is 0 Å². The molecule has 0 N–H and O–H groups in total. The monoisotopic (exact) mass is 400 g/mol. The topological polar surface area (TPSA) is 51.6 Å². The van der Waals surface area contributed by atoms with Gasteiger partial charge in [0.15, 0.2) is 8.68 Å². The number of nitrogens with zero attached hydrogens (tertiary/aromatic N) is 4. The highest BCUT2D eigenvalue weighted by Gasteiger charge is 2.09. The molecule has 2 heterocycles. The first kappa shape index (κ1) is 16.7. The van der Waals surface area contributed by atoms with Crippen LogP contribution in [0.4, 0.5) is 0 Å². The van der Waals surface area contributed by atoms with Gasteiger partial charge in [-0.15, -0.1) is 20.4 Å². The molecule has 0 aliphatic heterocycles. The van der Waals surface area contributed by atoms with Crippen LogP contribution in [0.15, 0.2) is 69.3 Å². The van der Waals surface area contributed by atoms with Crippen molar-refractivity contribution in [1.29, 1.82) is 0 Å². The van der Waals surface area contributed by atoms with Gasteiger partial charge in [0.05, 0.1) is 5.08 Å². The average molecular weight is 401 g/mol. The van der Waals surface area contributed by atoms with Gasteiger partial charge in [-0.05, 0) is 0 Å². The molecule has 4 aromatic rings. The van der Waals surface area contributed by atoms with Crippen molar-refractivity contribution in [3.05, 3.63) is 60.7 Å². The summed E-state index contributed by atoms with van der Waals surface area (Å²) in [7, 11) is 0. The van der Waals surface area contributed by atoms with E-state index in [0.29, 0.717) is 0 Å². The highest BCUT2D eigenvalue weighted by Crippen LogP contribution is 2.35. The van der Waals surface area contributed by atoms with E-state index >= 15 is 0 Å². The minimum atomic E-state index is 0.840. The van der Waals surface area contributed by atoms with Crippen molar-refractivity contribution in [3.63, 3.8) is 0 Å². The molecule has 8 heteroatoms. The Hall–Kier alpha value is -1.74. The van der Waals surface area contributed by atoms with Gasteiger partial charge in [0.25, 0.3) is 0 Å². The summed E-state index contributed by atoms with van der Waals surface area (Å²) in [6.45, 7) is 0. The number of thioether (sulfide) groups is 2. The summed E-state index contributed by atoms with van der Waals surface area (Å²) in [5.74, 6) is 0. The third kappa shape index (κ3) is 4.27. The summed E-state index contributed by atoms with van der Waals surface area (Å²) < 4.78 is 1.94. The molecule has 0 unspecified atom stereocenters. The van der Waals surface area contributed by atoms with Gasteiger partial charge in [0, 0.05) is 11.1 Å². The van der Waals surface area contributed by atoms with Gasteiger partial charge in [-0.25, -0.2) is 0 Å². The summed E-state index contributed by atoms with van der Waals surface area (Å²) in [6, 6.07) is 20.3. The van der Waals surface area contributed by atoms with Gasteiger partial charge >= 0.3 is 0 Å². The van der Waals surface area contributed by atoms with Crippen LogP contribution >= 0.6 is 46.2 Å². The first-order chi connectivity index (χ1) is 12.4. The standard InChI is InChI=1S/C17H12N4S4/c1-3-7-12(8-4-1)14-18-20-16(24-14)22-11-23-17-21-19-15(25-17)13-9-5-2-6-10-13/h1-10H,11H2. The maximum Gasteiger partial charge on any atom is 0.175 e. The van der Waals surface area contributed by atoms with Crippen LogP contribution in [-0.2, 0) is 0 Å². The summed E-state index contributed by atoms with van der Waals surface area (Å²) in [5.41, 5.74) is 2.22. The van der Waals surface area contributed by atoms with Crippen LogP contribution < -0.4 is 0 Å². The van der Waals surface area contributed by atoms with Crippen molar-refractivity contribution in [1.82, 2.24) is 20.4 Å². The quantitative estimate of drug-likeness (QED) is 0.312. The fraction of sp³-hybridized carbons (Fsp3) is 0.0588. The Morgan fingerprint density at radius 1 is 0.600 bits per heavy atom. The first-order valence-corrected chi connectivity index (χ1v) is 11.0. The van der Waals surface area contributed by atoms with E-state index in [9.17, 15) is 0 Å². The minimum absolute atomic E-state index is 0.840. The molecule has 0 amide bonds. The first-order valence-electron chi connectivity index (χ1n) is 7.42. The summed E-state index contributed by atoms with van der Waals surface area (Å²) >= 11 is 6.60. The largest absolute Gasteiger partial charge is 0.175 e. The van der Waals surface area contributed by atoms with Crippen LogP contribution in [0.3, 0.4) is 0 Å². The molecule has 2 aromatic heterocycles. The Kier molecular flexibility index (Phi) is 5.41. The smallest absolute Gasteiger partial charge is 0.137 e. The Bertz CT molecular complexity index is 860. The second-order valence-electron chi connectivity index (χ2n) is 4.88. The molecule has 0 atom stereocenters. The maximum atomic E-state index is 4.27. The van der Waals surface area contributed by atoms with Crippen molar-refractivity contribution in [2.24, 2.45) is 0 Å². The predicted molar refractivity (Wildman–Crippen MR) is 107 cm³/mol. The highest BCUT2D eigenvalue weighted by molar-refractivity contribution is 8.17. The fourth-order valence-corrected chi connectivity index (χ4v) is 6.28. The minimum Gasteiger partial charge on any atom is -0.137 e. The van der Waals surface area contributed by atoms with E-state index in [1.807, 2.05) is 36.4 Å². The van der Waals surface area contributed by atoms with Crippen LogP contribution in [0.1, 0.15) is 0 Å². The van der Waals surface area contributed by atoms with E-state index in [1.54, 1.807) is 46.2 Å². The predicted octanol–water partition coefficient (Wildman–Crippen LogP) is 5.57. The van der Waals surface area contributed by atoms with E-state index in [4.69, 9.17) is 0 Å². The van der Waals surface area contributed by atoms with Gasteiger partial charge in [-0.1, -0.05) is 107 Å². The van der Waals surface area contributed by atoms with Crippen LogP contribution in [0.5, 0.6) is 0 Å². The zero-order valence-electron chi connectivity index (χ0n) is 12.9. The lowest BCUT2D eigenvalue weighted by atomic mass is 10.2. The zero-order valence-corrected chi connectivity index (χ0v) is 16.2. The van der Waals surface area contributed by atoms with E-state index in [1.165, 1.54) is 0 Å². The molecule has 0 saturated heterocycles. The zero-order chi connectivity index (χ0) is 16.9. The molecule has 0 saturated carbocycles. The molecule has 0 aliphatic rings. The van der Waals surface area contributed by atoms with Gasteiger partial charge in [0.1, 0.15) is 10.0 Å². The van der Waals surface area contributed by atoms with Gasteiger partial charge < -0.3 is 0 Å². The molecule has 0 radical (unpaired) electrons. The van der Waals surface area contributed by atoms with Crippen LogP contribution in [0, 0.1) is 0 Å². The Labute approximate surface area is 161 Å². The van der Waals surface area contributed by atoms with E-state index in [-0.39, 0.29) is 0 Å². The lowest BCUT2D eigenvalue weighted by molar-refractivity contribution is 1.01. The number of hydrogen-bond acceptors (Lipinski definition) is 8. The van der Waals surface area contributed by atoms with Gasteiger partial charge in [-0.3, -0.25) is 0 Å². The number of benzene rings is 2. The van der Waals surface area contributed by atoms with Crippen LogP contribution in [0.25, 0.3) is 21.1 Å². The van der Waals surface area contributed by atoms with E-state index in [2.05, 4.69) is 44.7 Å². The number of rotatable bonds is 6. The average Bonchev–Trinajstić information content (AvgIpc) is 3.33. The maximum absolute atomic E-state index is 4.27. The molecule has 0 spiro atoms. The second-order valence-corrected chi connectivity index (χ2v) is 9.65. The van der Waals surface area contributed by atoms with Gasteiger partial charge in [0.2, 0.25) is 0 Å². The third-order valence-corrected chi connectivity index (χ3v) is 7.56. The number of hydrogen-bond donors (Lipinski definition) is 0. The summed E-state index contributed by atoms with van der Waals surface area (Å²) in [4.78, 5) is 0.